The highest BCUT2D eigenvalue weighted by Gasteiger charge is 2.03. The number of rotatable bonds is 3. The van der Waals surface area contributed by atoms with E-state index in [9.17, 15) is 4.39 Å². The molecule has 1 aromatic carbocycles. The van der Waals surface area contributed by atoms with Crippen LogP contribution in [0.15, 0.2) is 24.4 Å². The van der Waals surface area contributed by atoms with E-state index in [1.165, 1.54) is 12.1 Å². The third-order valence-electron chi connectivity index (χ3n) is 1.93. The third kappa shape index (κ3) is 2.49. The van der Waals surface area contributed by atoms with Crippen molar-refractivity contribution in [3.8, 4) is 5.75 Å². The van der Waals surface area contributed by atoms with E-state index in [2.05, 4.69) is 10.3 Å². The molecule has 0 radical (unpaired) electrons. The van der Waals surface area contributed by atoms with Gasteiger partial charge in [0.15, 0.2) is 0 Å². The zero-order chi connectivity index (χ0) is 11.5. The standard InChI is InChI=1S/C10H9ClFN3O/c1-15-5-7(13-14-15)6-16-8-2-3-9(11)10(12)4-8/h2-5H,6H2,1H3. The molecule has 4 nitrogen and oxygen atoms in total. The maximum absolute atomic E-state index is 13.1. The van der Waals surface area contributed by atoms with Crippen molar-refractivity contribution in [1.82, 2.24) is 15.0 Å². The SMILES string of the molecule is Cn1cc(COc2ccc(Cl)c(F)c2)nn1. The monoisotopic (exact) mass is 241 g/mol. The zero-order valence-corrected chi connectivity index (χ0v) is 9.28. The Morgan fingerprint density at radius 2 is 2.31 bits per heavy atom. The molecule has 84 valence electrons. The first-order valence-electron chi connectivity index (χ1n) is 4.58. The molecule has 0 unspecified atom stereocenters. The van der Waals surface area contributed by atoms with Gasteiger partial charge in [-0.05, 0) is 12.1 Å². The molecule has 2 aromatic rings. The Balaban J connectivity index is 2.02. The van der Waals surface area contributed by atoms with Crippen molar-refractivity contribution in [3.63, 3.8) is 0 Å². The summed E-state index contributed by atoms with van der Waals surface area (Å²) in [5.41, 5.74) is 0.679. The minimum atomic E-state index is -0.502. The van der Waals surface area contributed by atoms with Crippen LogP contribution >= 0.6 is 11.6 Å². The zero-order valence-electron chi connectivity index (χ0n) is 8.52. The molecule has 0 aliphatic heterocycles. The van der Waals surface area contributed by atoms with E-state index in [-0.39, 0.29) is 11.6 Å². The van der Waals surface area contributed by atoms with E-state index in [1.807, 2.05) is 0 Å². The molecule has 6 heteroatoms. The van der Waals surface area contributed by atoms with Gasteiger partial charge in [-0.15, -0.1) is 5.10 Å². The van der Waals surface area contributed by atoms with Crippen molar-refractivity contribution in [2.45, 2.75) is 6.61 Å². The lowest BCUT2D eigenvalue weighted by molar-refractivity contribution is 0.299. The average Bonchev–Trinajstić information content (AvgIpc) is 2.66. The molecular formula is C10H9ClFN3O. The quantitative estimate of drug-likeness (QED) is 0.827. The largest absolute Gasteiger partial charge is 0.487 e. The molecule has 0 bridgehead atoms. The van der Waals surface area contributed by atoms with Crippen LogP contribution in [0.1, 0.15) is 5.69 Å². The fraction of sp³-hybridized carbons (Fsp3) is 0.200. The predicted molar refractivity (Wildman–Crippen MR) is 56.7 cm³/mol. The Bertz CT molecular complexity index is 501. The Morgan fingerprint density at radius 3 is 2.94 bits per heavy atom. The summed E-state index contributed by atoms with van der Waals surface area (Å²) in [4.78, 5) is 0. The molecule has 16 heavy (non-hydrogen) atoms. The van der Waals surface area contributed by atoms with Gasteiger partial charge in [-0.25, -0.2) is 4.39 Å². The highest BCUT2D eigenvalue weighted by Crippen LogP contribution is 2.20. The van der Waals surface area contributed by atoms with Crippen LogP contribution in [0.4, 0.5) is 4.39 Å². The molecule has 0 saturated heterocycles. The summed E-state index contributed by atoms with van der Waals surface area (Å²) in [5.74, 6) is -0.0918. The Morgan fingerprint density at radius 1 is 1.50 bits per heavy atom. The molecular weight excluding hydrogens is 233 g/mol. The van der Waals surface area contributed by atoms with Gasteiger partial charge in [-0.3, -0.25) is 4.68 Å². The average molecular weight is 242 g/mol. The summed E-state index contributed by atoms with van der Waals surface area (Å²) in [6.45, 7) is 0.245. The maximum atomic E-state index is 13.1. The molecule has 0 aliphatic carbocycles. The van der Waals surface area contributed by atoms with Crippen LogP contribution in [0.25, 0.3) is 0 Å². The summed E-state index contributed by atoms with van der Waals surface area (Å²) >= 11 is 5.54. The molecule has 0 atom stereocenters. The van der Waals surface area contributed by atoms with Crippen LogP contribution in [-0.2, 0) is 13.7 Å². The van der Waals surface area contributed by atoms with Crippen LogP contribution < -0.4 is 4.74 Å². The number of aryl methyl sites for hydroxylation is 1. The van der Waals surface area contributed by atoms with E-state index < -0.39 is 5.82 Å². The summed E-state index contributed by atoms with van der Waals surface area (Å²) < 4.78 is 20.0. The van der Waals surface area contributed by atoms with Crippen molar-refractivity contribution in [1.29, 1.82) is 0 Å². The van der Waals surface area contributed by atoms with E-state index in [0.29, 0.717) is 11.4 Å². The number of nitrogens with zero attached hydrogens (tertiary/aromatic N) is 3. The van der Waals surface area contributed by atoms with Crippen LogP contribution in [0.5, 0.6) is 5.75 Å². The Kier molecular flexibility index (Phi) is 3.05. The van der Waals surface area contributed by atoms with Crippen molar-refractivity contribution in [2.75, 3.05) is 0 Å². The normalized spacial score (nSPS) is 10.4. The van der Waals surface area contributed by atoms with Gasteiger partial charge < -0.3 is 4.74 Å². The van der Waals surface area contributed by atoms with E-state index in [0.717, 1.165) is 0 Å². The molecule has 0 aliphatic rings. The summed E-state index contributed by atoms with van der Waals surface area (Å²) in [5, 5.41) is 7.67. The second-order valence-corrected chi connectivity index (χ2v) is 3.66. The molecule has 0 saturated carbocycles. The van der Waals surface area contributed by atoms with Crippen molar-refractivity contribution >= 4 is 11.6 Å². The van der Waals surface area contributed by atoms with Gasteiger partial charge in [0.1, 0.15) is 23.9 Å². The molecule has 1 aromatic heterocycles. The molecule has 0 fully saturated rings. The molecule has 2 rings (SSSR count). The molecule has 0 N–H and O–H groups in total. The summed E-state index contributed by atoms with van der Waals surface area (Å²) in [6, 6.07) is 4.28. The van der Waals surface area contributed by atoms with Crippen molar-refractivity contribution in [2.24, 2.45) is 7.05 Å². The first-order chi connectivity index (χ1) is 7.65. The van der Waals surface area contributed by atoms with Crippen LogP contribution in [-0.4, -0.2) is 15.0 Å². The van der Waals surface area contributed by atoms with Gasteiger partial charge in [-0.2, -0.15) is 0 Å². The van der Waals surface area contributed by atoms with Crippen LogP contribution in [0.3, 0.4) is 0 Å². The third-order valence-corrected chi connectivity index (χ3v) is 2.23. The van der Waals surface area contributed by atoms with Gasteiger partial charge >= 0.3 is 0 Å². The van der Waals surface area contributed by atoms with Gasteiger partial charge in [0, 0.05) is 13.1 Å². The fourth-order valence-electron chi connectivity index (χ4n) is 1.19. The minimum absolute atomic E-state index is 0.0758. The van der Waals surface area contributed by atoms with E-state index in [1.54, 1.807) is 24.0 Å². The van der Waals surface area contributed by atoms with Crippen LogP contribution in [0.2, 0.25) is 5.02 Å². The highest BCUT2D eigenvalue weighted by molar-refractivity contribution is 6.30. The smallest absolute Gasteiger partial charge is 0.145 e. The van der Waals surface area contributed by atoms with Gasteiger partial charge in [0.05, 0.1) is 11.2 Å². The predicted octanol–water partition coefficient (Wildman–Crippen LogP) is 2.19. The Hall–Kier alpha value is -1.62. The van der Waals surface area contributed by atoms with Gasteiger partial charge in [0.25, 0.3) is 0 Å². The second-order valence-electron chi connectivity index (χ2n) is 3.25. The number of ether oxygens (including phenoxy) is 1. The van der Waals surface area contributed by atoms with E-state index in [4.69, 9.17) is 16.3 Å². The maximum Gasteiger partial charge on any atom is 0.145 e. The first-order valence-corrected chi connectivity index (χ1v) is 4.96. The highest BCUT2D eigenvalue weighted by atomic mass is 35.5. The lowest BCUT2D eigenvalue weighted by Crippen LogP contribution is -1.96. The second kappa shape index (κ2) is 4.49. The number of halogens is 2. The molecule has 0 amide bonds. The topological polar surface area (TPSA) is 39.9 Å². The number of hydrogen-bond donors (Lipinski definition) is 0. The molecule has 0 spiro atoms. The number of aromatic nitrogens is 3. The van der Waals surface area contributed by atoms with Crippen molar-refractivity contribution < 1.29 is 9.13 Å². The minimum Gasteiger partial charge on any atom is -0.487 e. The lowest BCUT2D eigenvalue weighted by atomic mass is 10.3. The summed E-state index contributed by atoms with van der Waals surface area (Å²) in [6.07, 6.45) is 1.73. The number of benzene rings is 1. The van der Waals surface area contributed by atoms with E-state index >= 15 is 0 Å². The van der Waals surface area contributed by atoms with Crippen molar-refractivity contribution in [3.05, 3.63) is 40.9 Å². The molecule has 1 heterocycles. The summed E-state index contributed by atoms with van der Waals surface area (Å²) in [7, 11) is 1.76. The Labute approximate surface area is 96.6 Å². The van der Waals surface area contributed by atoms with Crippen LogP contribution in [0, 0.1) is 5.82 Å². The van der Waals surface area contributed by atoms with Gasteiger partial charge in [0.2, 0.25) is 0 Å². The van der Waals surface area contributed by atoms with Gasteiger partial charge in [-0.1, -0.05) is 16.8 Å². The number of hydrogen-bond acceptors (Lipinski definition) is 3. The first kappa shape index (κ1) is 10.9. The fourth-order valence-corrected chi connectivity index (χ4v) is 1.30. The lowest BCUT2D eigenvalue weighted by Gasteiger charge is -2.04.